The van der Waals surface area contributed by atoms with Crippen molar-refractivity contribution in [1.82, 2.24) is 0 Å². The minimum Gasteiger partial charge on any atom is -0.328 e. The SMILES string of the molecule is NC1CCCCC1.[Ni+2]. The zero-order valence-electron chi connectivity index (χ0n) is 5.01. The molecule has 2 N–H and O–H groups in total. The largest absolute Gasteiger partial charge is 2.00 e. The summed E-state index contributed by atoms with van der Waals surface area (Å²) in [7, 11) is 0. The van der Waals surface area contributed by atoms with Crippen molar-refractivity contribution in [3.8, 4) is 0 Å². The Kier molecular flexibility index (Phi) is 4.59. The first-order valence-electron chi connectivity index (χ1n) is 3.15. The standard InChI is InChI=1S/C6H13N.Ni/c7-6-4-2-1-3-5-6;/h6H,1-5,7H2;/q;+2. The van der Waals surface area contributed by atoms with Gasteiger partial charge in [0.15, 0.2) is 0 Å². The summed E-state index contributed by atoms with van der Waals surface area (Å²) >= 11 is 0. The molecule has 1 rings (SSSR count). The van der Waals surface area contributed by atoms with Crippen LogP contribution in [-0.4, -0.2) is 6.04 Å². The van der Waals surface area contributed by atoms with Gasteiger partial charge in [0.2, 0.25) is 0 Å². The molecule has 0 radical (unpaired) electrons. The van der Waals surface area contributed by atoms with E-state index in [0.29, 0.717) is 6.04 Å². The van der Waals surface area contributed by atoms with Gasteiger partial charge < -0.3 is 5.73 Å². The molecule has 0 heterocycles. The second kappa shape index (κ2) is 4.34. The van der Waals surface area contributed by atoms with Gasteiger partial charge in [-0.15, -0.1) is 0 Å². The second-order valence-corrected chi connectivity index (χ2v) is 2.40. The van der Waals surface area contributed by atoms with Gasteiger partial charge in [-0.3, -0.25) is 0 Å². The normalized spacial score (nSPS) is 22.1. The van der Waals surface area contributed by atoms with Crippen molar-refractivity contribution >= 4 is 0 Å². The summed E-state index contributed by atoms with van der Waals surface area (Å²) < 4.78 is 0. The summed E-state index contributed by atoms with van der Waals surface area (Å²) in [6, 6.07) is 0.536. The molecule has 1 fully saturated rings. The molecule has 1 aliphatic rings. The van der Waals surface area contributed by atoms with Crippen LogP contribution < -0.4 is 5.73 Å². The molecule has 0 aliphatic heterocycles. The Balaban J connectivity index is 0.000000490. The van der Waals surface area contributed by atoms with Gasteiger partial charge in [-0.25, -0.2) is 0 Å². The minimum absolute atomic E-state index is 0. The van der Waals surface area contributed by atoms with Crippen LogP contribution in [-0.2, 0) is 16.5 Å². The molecule has 0 bridgehead atoms. The van der Waals surface area contributed by atoms with E-state index in [1.165, 1.54) is 32.1 Å². The fourth-order valence-electron chi connectivity index (χ4n) is 1.13. The van der Waals surface area contributed by atoms with Crippen molar-refractivity contribution in [1.29, 1.82) is 0 Å². The summed E-state index contributed by atoms with van der Waals surface area (Å²) in [6.45, 7) is 0. The number of rotatable bonds is 0. The summed E-state index contributed by atoms with van der Waals surface area (Å²) in [6.07, 6.45) is 6.66. The van der Waals surface area contributed by atoms with Crippen LogP contribution in [0.2, 0.25) is 0 Å². The molecular formula is C6H13NNi+2. The maximum atomic E-state index is 5.63. The third-order valence-corrected chi connectivity index (χ3v) is 1.65. The maximum absolute atomic E-state index is 5.63. The fourth-order valence-corrected chi connectivity index (χ4v) is 1.13. The Bertz CT molecular complexity index is 50.5. The first-order chi connectivity index (χ1) is 3.39. The van der Waals surface area contributed by atoms with E-state index in [0.717, 1.165) is 0 Å². The van der Waals surface area contributed by atoms with Crippen LogP contribution in [0.15, 0.2) is 0 Å². The predicted molar refractivity (Wildman–Crippen MR) is 31.1 cm³/mol. The van der Waals surface area contributed by atoms with Crippen molar-refractivity contribution in [3.63, 3.8) is 0 Å². The van der Waals surface area contributed by atoms with Gasteiger partial charge >= 0.3 is 16.5 Å². The van der Waals surface area contributed by atoms with Crippen LogP contribution in [0.5, 0.6) is 0 Å². The summed E-state index contributed by atoms with van der Waals surface area (Å²) in [4.78, 5) is 0. The number of hydrogen-bond donors (Lipinski definition) is 1. The van der Waals surface area contributed by atoms with E-state index >= 15 is 0 Å². The van der Waals surface area contributed by atoms with Crippen molar-refractivity contribution in [3.05, 3.63) is 0 Å². The van der Waals surface area contributed by atoms with E-state index < -0.39 is 0 Å². The Morgan fingerprint density at radius 2 is 1.50 bits per heavy atom. The summed E-state index contributed by atoms with van der Waals surface area (Å²) in [5, 5.41) is 0. The Morgan fingerprint density at radius 3 is 1.75 bits per heavy atom. The van der Waals surface area contributed by atoms with Gasteiger partial charge in [0.1, 0.15) is 0 Å². The van der Waals surface area contributed by atoms with Crippen LogP contribution in [0.1, 0.15) is 32.1 Å². The van der Waals surface area contributed by atoms with E-state index in [1.54, 1.807) is 0 Å². The third-order valence-electron chi connectivity index (χ3n) is 1.65. The quantitative estimate of drug-likeness (QED) is 0.527. The molecule has 0 aromatic carbocycles. The first-order valence-corrected chi connectivity index (χ1v) is 3.15. The van der Waals surface area contributed by atoms with Crippen LogP contribution >= 0.6 is 0 Å². The molecule has 8 heavy (non-hydrogen) atoms. The Labute approximate surface area is 60.9 Å². The average molecular weight is 158 g/mol. The molecule has 0 saturated heterocycles. The fraction of sp³-hybridized carbons (Fsp3) is 1.00. The molecule has 1 aliphatic carbocycles. The Hall–Kier alpha value is 0.454. The topological polar surface area (TPSA) is 26.0 Å². The molecule has 0 spiro atoms. The minimum atomic E-state index is 0. The van der Waals surface area contributed by atoms with Crippen LogP contribution in [0, 0.1) is 0 Å². The van der Waals surface area contributed by atoms with E-state index in [-0.39, 0.29) is 16.5 Å². The molecule has 0 atom stereocenters. The summed E-state index contributed by atoms with van der Waals surface area (Å²) in [5.74, 6) is 0. The average Bonchev–Trinajstić information content (AvgIpc) is 1.69. The van der Waals surface area contributed by atoms with E-state index in [9.17, 15) is 0 Å². The first kappa shape index (κ1) is 8.45. The molecule has 1 saturated carbocycles. The number of hydrogen-bond acceptors (Lipinski definition) is 1. The second-order valence-electron chi connectivity index (χ2n) is 2.40. The van der Waals surface area contributed by atoms with Crippen LogP contribution in [0.3, 0.4) is 0 Å². The van der Waals surface area contributed by atoms with E-state index in [1.807, 2.05) is 0 Å². The molecule has 0 aromatic rings. The van der Waals surface area contributed by atoms with Gasteiger partial charge in [0.25, 0.3) is 0 Å². The zero-order chi connectivity index (χ0) is 5.11. The van der Waals surface area contributed by atoms with Gasteiger partial charge in [-0.05, 0) is 12.8 Å². The van der Waals surface area contributed by atoms with Gasteiger partial charge in [-0.1, -0.05) is 19.3 Å². The van der Waals surface area contributed by atoms with Crippen molar-refractivity contribution in [2.24, 2.45) is 5.73 Å². The van der Waals surface area contributed by atoms with Crippen molar-refractivity contribution in [2.45, 2.75) is 38.1 Å². The number of nitrogens with two attached hydrogens (primary N) is 1. The van der Waals surface area contributed by atoms with E-state index in [4.69, 9.17) is 5.73 Å². The van der Waals surface area contributed by atoms with Gasteiger partial charge in [-0.2, -0.15) is 0 Å². The molecule has 0 amide bonds. The third kappa shape index (κ3) is 2.69. The molecule has 1 nitrogen and oxygen atoms in total. The maximum Gasteiger partial charge on any atom is 2.00 e. The molecular weight excluding hydrogens is 145 g/mol. The van der Waals surface area contributed by atoms with Crippen LogP contribution in [0.25, 0.3) is 0 Å². The smallest absolute Gasteiger partial charge is 0.328 e. The Morgan fingerprint density at radius 1 is 1.00 bits per heavy atom. The molecule has 50 valence electrons. The predicted octanol–water partition coefficient (Wildman–Crippen LogP) is 1.28. The summed E-state index contributed by atoms with van der Waals surface area (Å²) in [5.41, 5.74) is 5.63. The van der Waals surface area contributed by atoms with Crippen molar-refractivity contribution < 1.29 is 16.5 Å². The van der Waals surface area contributed by atoms with Crippen molar-refractivity contribution in [2.75, 3.05) is 0 Å². The molecule has 0 aromatic heterocycles. The van der Waals surface area contributed by atoms with Crippen LogP contribution in [0.4, 0.5) is 0 Å². The van der Waals surface area contributed by atoms with Gasteiger partial charge in [0, 0.05) is 6.04 Å². The van der Waals surface area contributed by atoms with E-state index in [2.05, 4.69) is 0 Å². The molecule has 2 heteroatoms. The molecule has 0 unspecified atom stereocenters. The van der Waals surface area contributed by atoms with Gasteiger partial charge in [0.05, 0.1) is 0 Å². The zero-order valence-corrected chi connectivity index (χ0v) is 5.99. The monoisotopic (exact) mass is 157 g/mol.